The molecule has 0 bridgehead atoms. The lowest BCUT2D eigenvalue weighted by atomic mass is 10.2. The highest BCUT2D eigenvalue weighted by atomic mass is 32.2. The van der Waals surface area contributed by atoms with Crippen molar-refractivity contribution in [2.24, 2.45) is 0 Å². The van der Waals surface area contributed by atoms with Crippen LogP contribution in [0.3, 0.4) is 0 Å². The molecule has 7 heteroatoms. The van der Waals surface area contributed by atoms with Gasteiger partial charge in [-0.25, -0.2) is 9.97 Å². The number of nitrogens with zero attached hydrogens (tertiary/aromatic N) is 2. The maximum Gasteiger partial charge on any atom is 0.230 e. The van der Waals surface area contributed by atoms with E-state index in [4.69, 9.17) is 4.42 Å². The van der Waals surface area contributed by atoms with E-state index < -0.39 is 0 Å². The molecular formula is C18H21N3O3S. The summed E-state index contributed by atoms with van der Waals surface area (Å²) in [5, 5.41) is 3.48. The zero-order valence-corrected chi connectivity index (χ0v) is 15.4. The van der Waals surface area contributed by atoms with Gasteiger partial charge in [0, 0.05) is 5.92 Å². The monoisotopic (exact) mass is 359 g/mol. The quantitative estimate of drug-likeness (QED) is 0.463. The molecule has 2 aromatic rings. The number of amides is 1. The molecule has 25 heavy (non-hydrogen) atoms. The van der Waals surface area contributed by atoms with Crippen molar-refractivity contribution in [1.29, 1.82) is 0 Å². The molecule has 1 fully saturated rings. The summed E-state index contributed by atoms with van der Waals surface area (Å²) < 4.78 is 5.29. The molecule has 0 radical (unpaired) electrons. The average molecular weight is 359 g/mol. The lowest BCUT2D eigenvalue weighted by Gasteiger charge is -2.13. The van der Waals surface area contributed by atoms with Crippen LogP contribution in [0.5, 0.6) is 0 Å². The average Bonchev–Trinajstić information content (AvgIpc) is 3.26. The fourth-order valence-electron chi connectivity index (χ4n) is 2.63. The Morgan fingerprint density at radius 3 is 2.76 bits per heavy atom. The Morgan fingerprint density at radius 2 is 2.16 bits per heavy atom. The Balaban J connectivity index is 1.69. The lowest BCUT2D eigenvalue weighted by Crippen LogP contribution is -2.28. The van der Waals surface area contributed by atoms with Crippen molar-refractivity contribution in [2.75, 3.05) is 5.75 Å². The van der Waals surface area contributed by atoms with Gasteiger partial charge < -0.3 is 9.73 Å². The van der Waals surface area contributed by atoms with Crippen LogP contribution in [0.15, 0.2) is 27.8 Å². The first-order chi connectivity index (χ1) is 12.0. The van der Waals surface area contributed by atoms with Gasteiger partial charge in [-0.1, -0.05) is 11.8 Å². The molecule has 3 rings (SSSR count). The minimum atomic E-state index is -0.204. The highest BCUT2D eigenvalue weighted by Gasteiger charge is 2.29. The molecule has 6 nitrogen and oxygen atoms in total. The molecule has 0 saturated heterocycles. The second-order valence-electron chi connectivity index (χ2n) is 6.27. The topological polar surface area (TPSA) is 85.1 Å². The van der Waals surface area contributed by atoms with Gasteiger partial charge in [0.2, 0.25) is 5.91 Å². The van der Waals surface area contributed by atoms with Gasteiger partial charge in [0.1, 0.15) is 16.6 Å². The number of aromatic nitrogens is 2. The van der Waals surface area contributed by atoms with Crippen molar-refractivity contribution in [1.82, 2.24) is 15.3 Å². The van der Waals surface area contributed by atoms with Crippen molar-refractivity contribution in [3.63, 3.8) is 0 Å². The van der Waals surface area contributed by atoms with Gasteiger partial charge in [-0.05, 0) is 45.7 Å². The third-order valence-corrected chi connectivity index (χ3v) is 5.03. The van der Waals surface area contributed by atoms with Gasteiger partial charge in [-0.3, -0.25) is 9.59 Å². The van der Waals surface area contributed by atoms with Gasteiger partial charge in [0.25, 0.3) is 0 Å². The first kappa shape index (κ1) is 17.7. The Labute approximate surface area is 150 Å². The fraction of sp³-hybridized carbons (Fsp3) is 0.444. The van der Waals surface area contributed by atoms with Gasteiger partial charge in [0.05, 0.1) is 29.3 Å². The number of rotatable bonds is 7. The highest BCUT2D eigenvalue weighted by Crippen LogP contribution is 2.39. The smallest absolute Gasteiger partial charge is 0.230 e. The summed E-state index contributed by atoms with van der Waals surface area (Å²) in [4.78, 5) is 33.2. The first-order valence-corrected chi connectivity index (χ1v) is 9.29. The Hall–Kier alpha value is -2.15. The first-order valence-electron chi connectivity index (χ1n) is 8.30. The minimum Gasteiger partial charge on any atom is -0.467 e. The molecule has 1 atom stereocenters. The molecule has 132 valence electrons. The lowest BCUT2D eigenvalue weighted by molar-refractivity contribution is -0.119. The highest BCUT2D eigenvalue weighted by molar-refractivity contribution is 8.00. The minimum absolute atomic E-state index is 0.0771. The summed E-state index contributed by atoms with van der Waals surface area (Å²) in [6.45, 7) is 5.20. The number of nitrogens with one attached hydrogen (secondary N) is 1. The molecule has 1 saturated carbocycles. The number of carbonyl (C=O) groups is 2. The molecule has 1 N–H and O–H groups in total. The largest absolute Gasteiger partial charge is 0.467 e. The van der Waals surface area contributed by atoms with Crippen molar-refractivity contribution >= 4 is 23.5 Å². The molecule has 0 aliphatic heterocycles. The van der Waals surface area contributed by atoms with E-state index in [0.717, 1.165) is 18.7 Å². The molecule has 0 unspecified atom stereocenters. The number of hydrogen-bond donors (Lipinski definition) is 1. The van der Waals surface area contributed by atoms with E-state index in [-0.39, 0.29) is 23.5 Å². The van der Waals surface area contributed by atoms with E-state index in [9.17, 15) is 9.59 Å². The zero-order chi connectivity index (χ0) is 18.0. The summed E-state index contributed by atoms with van der Waals surface area (Å²) in [5.41, 5.74) is 1.21. The van der Waals surface area contributed by atoms with Gasteiger partial charge >= 0.3 is 0 Å². The van der Waals surface area contributed by atoms with Crippen LogP contribution in [0.4, 0.5) is 0 Å². The van der Waals surface area contributed by atoms with E-state index in [1.165, 1.54) is 18.7 Å². The molecule has 0 aromatic carbocycles. The third kappa shape index (κ3) is 4.28. The van der Waals surface area contributed by atoms with Gasteiger partial charge in [-0.2, -0.15) is 0 Å². The Kier molecular flexibility index (Phi) is 5.22. The molecule has 1 amide bonds. The Morgan fingerprint density at radius 1 is 1.40 bits per heavy atom. The normalized spacial score (nSPS) is 15.0. The van der Waals surface area contributed by atoms with E-state index in [0.29, 0.717) is 28.0 Å². The third-order valence-electron chi connectivity index (χ3n) is 4.06. The second-order valence-corrected chi connectivity index (χ2v) is 7.24. The molecule has 1 aliphatic carbocycles. The molecule has 0 spiro atoms. The standard InChI is InChI=1S/C18H21N3O3S/c1-10(14-5-4-8-24-14)19-15(23)9-25-18-16(12(3)22)11(2)20-17(21-18)13-6-7-13/h4-5,8,10,13H,6-7,9H2,1-3H3,(H,19,23)/t10-/m1/s1. The van der Waals surface area contributed by atoms with Crippen LogP contribution >= 0.6 is 11.8 Å². The van der Waals surface area contributed by atoms with Crippen molar-refractivity contribution in [3.05, 3.63) is 41.2 Å². The molecule has 1 aliphatic rings. The van der Waals surface area contributed by atoms with Crippen molar-refractivity contribution in [2.45, 2.75) is 50.6 Å². The number of furan rings is 1. The summed E-state index contributed by atoms with van der Waals surface area (Å²) in [6, 6.07) is 3.40. The summed E-state index contributed by atoms with van der Waals surface area (Å²) in [5.74, 6) is 1.86. The predicted octanol–water partition coefficient (Wildman–Crippen LogP) is 3.43. The van der Waals surface area contributed by atoms with Gasteiger partial charge in [-0.15, -0.1) is 0 Å². The van der Waals surface area contributed by atoms with Crippen LogP contribution in [0.2, 0.25) is 0 Å². The molecule has 2 aromatic heterocycles. The van der Waals surface area contributed by atoms with Crippen molar-refractivity contribution < 1.29 is 14.0 Å². The van der Waals surface area contributed by atoms with Crippen LogP contribution in [0.25, 0.3) is 0 Å². The molecule has 2 heterocycles. The van der Waals surface area contributed by atoms with E-state index in [1.54, 1.807) is 12.3 Å². The Bertz CT molecular complexity index is 785. The number of Topliss-reactive ketones (excluding diaryl/α,β-unsaturated/α-hetero) is 1. The van der Waals surface area contributed by atoms with Crippen molar-refractivity contribution in [3.8, 4) is 0 Å². The SMILES string of the molecule is CC(=O)c1c(C)nc(C2CC2)nc1SCC(=O)N[C@H](C)c1ccco1. The second kappa shape index (κ2) is 7.39. The predicted molar refractivity (Wildman–Crippen MR) is 94.7 cm³/mol. The van der Waals surface area contributed by atoms with Crippen LogP contribution in [-0.2, 0) is 4.79 Å². The summed E-state index contributed by atoms with van der Waals surface area (Å²) in [7, 11) is 0. The molecular weight excluding hydrogens is 338 g/mol. The van der Waals surface area contributed by atoms with Crippen LogP contribution < -0.4 is 5.32 Å². The van der Waals surface area contributed by atoms with Crippen LogP contribution in [0, 0.1) is 6.92 Å². The number of ketones is 1. The van der Waals surface area contributed by atoms with Crippen LogP contribution in [0.1, 0.15) is 66.3 Å². The fourth-order valence-corrected chi connectivity index (χ4v) is 3.57. The van der Waals surface area contributed by atoms with E-state index in [2.05, 4.69) is 15.3 Å². The van der Waals surface area contributed by atoms with E-state index in [1.807, 2.05) is 19.9 Å². The maximum absolute atomic E-state index is 12.2. The summed E-state index contributed by atoms with van der Waals surface area (Å²) >= 11 is 1.28. The number of carbonyl (C=O) groups excluding carboxylic acids is 2. The zero-order valence-electron chi connectivity index (χ0n) is 14.5. The number of aryl methyl sites for hydroxylation is 1. The van der Waals surface area contributed by atoms with Gasteiger partial charge in [0.15, 0.2) is 5.78 Å². The number of thioether (sulfide) groups is 1. The van der Waals surface area contributed by atoms with E-state index >= 15 is 0 Å². The van der Waals surface area contributed by atoms with Crippen LogP contribution in [-0.4, -0.2) is 27.4 Å². The summed E-state index contributed by atoms with van der Waals surface area (Å²) in [6.07, 6.45) is 3.75. The maximum atomic E-state index is 12.2. The number of hydrogen-bond acceptors (Lipinski definition) is 6.